The van der Waals surface area contributed by atoms with Crippen LogP contribution in [0.15, 0.2) is 35.4 Å². The Kier molecular flexibility index (Phi) is 9.70. The lowest BCUT2D eigenvalue weighted by atomic mass is 10.1. The van der Waals surface area contributed by atoms with Crippen molar-refractivity contribution in [3.8, 4) is 17.2 Å². The fourth-order valence-electron chi connectivity index (χ4n) is 3.71. The molecule has 0 amide bonds. The highest BCUT2D eigenvalue weighted by Gasteiger charge is 2.17. The van der Waals surface area contributed by atoms with Crippen LogP contribution in [0.4, 0.5) is 23.5 Å². The summed E-state index contributed by atoms with van der Waals surface area (Å²) in [6.45, 7) is 6.71. The molecule has 0 atom stereocenters. The van der Waals surface area contributed by atoms with Gasteiger partial charge in [-0.1, -0.05) is 12.1 Å². The van der Waals surface area contributed by atoms with E-state index >= 15 is 0 Å². The number of morpholine rings is 1. The monoisotopic (exact) mass is 529 g/mol. The molecular formula is C25H32ClN7O4. The SMILES string of the molecule is COc1cc(C=NNc2nc(Nc3cc(C)ccc3C)nc(N3CCOCC3)n2)cc(OC)c1OC.Cl. The van der Waals surface area contributed by atoms with Crippen LogP contribution in [0.5, 0.6) is 17.2 Å². The quantitative estimate of drug-likeness (QED) is 0.311. The van der Waals surface area contributed by atoms with E-state index in [0.29, 0.717) is 61.4 Å². The normalized spacial score (nSPS) is 13.2. The van der Waals surface area contributed by atoms with Crippen LogP contribution in [0.1, 0.15) is 16.7 Å². The molecule has 1 fully saturated rings. The molecule has 12 heteroatoms. The van der Waals surface area contributed by atoms with Crippen molar-refractivity contribution in [2.45, 2.75) is 13.8 Å². The molecule has 37 heavy (non-hydrogen) atoms. The minimum absolute atomic E-state index is 0. The number of rotatable bonds is 9. The van der Waals surface area contributed by atoms with Gasteiger partial charge in [-0.25, -0.2) is 5.43 Å². The fourth-order valence-corrected chi connectivity index (χ4v) is 3.71. The summed E-state index contributed by atoms with van der Waals surface area (Å²) < 4.78 is 21.7. The third-order valence-electron chi connectivity index (χ3n) is 5.62. The second kappa shape index (κ2) is 12.9. The van der Waals surface area contributed by atoms with Crippen molar-refractivity contribution in [2.75, 3.05) is 63.3 Å². The van der Waals surface area contributed by atoms with Crippen molar-refractivity contribution in [3.05, 3.63) is 47.0 Å². The molecule has 3 aromatic rings. The topological polar surface area (TPSA) is 115 Å². The third-order valence-corrected chi connectivity index (χ3v) is 5.62. The van der Waals surface area contributed by atoms with E-state index in [1.807, 2.05) is 13.8 Å². The van der Waals surface area contributed by atoms with E-state index in [0.717, 1.165) is 22.4 Å². The first kappa shape index (κ1) is 27.8. The van der Waals surface area contributed by atoms with E-state index in [-0.39, 0.29) is 12.4 Å². The lowest BCUT2D eigenvalue weighted by molar-refractivity contribution is 0.122. The number of anilines is 4. The molecule has 2 heterocycles. The van der Waals surface area contributed by atoms with Gasteiger partial charge in [-0.2, -0.15) is 20.1 Å². The van der Waals surface area contributed by atoms with Crippen LogP contribution < -0.4 is 29.9 Å². The highest BCUT2D eigenvalue weighted by molar-refractivity contribution is 5.85. The Morgan fingerprint density at radius 1 is 0.919 bits per heavy atom. The number of hydrogen-bond donors (Lipinski definition) is 2. The summed E-state index contributed by atoms with van der Waals surface area (Å²) in [7, 11) is 4.70. The van der Waals surface area contributed by atoms with Gasteiger partial charge in [0.15, 0.2) is 11.5 Å². The number of aromatic nitrogens is 3. The molecule has 1 aromatic heterocycles. The van der Waals surface area contributed by atoms with Gasteiger partial charge in [-0.05, 0) is 43.2 Å². The summed E-state index contributed by atoms with van der Waals surface area (Å²) in [5.41, 5.74) is 6.82. The van der Waals surface area contributed by atoms with E-state index in [2.05, 4.69) is 53.9 Å². The number of benzene rings is 2. The minimum atomic E-state index is 0. The Morgan fingerprint density at radius 2 is 1.59 bits per heavy atom. The molecule has 0 saturated carbocycles. The molecule has 2 N–H and O–H groups in total. The molecule has 0 spiro atoms. The lowest BCUT2D eigenvalue weighted by Crippen LogP contribution is -2.37. The maximum atomic E-state index is 5.48. The van der Waals surface area contributed by atoms with Crippen LogP contribution in [0.3, 0.4) is 0 Å². The first-order chi connectivity index (χ1) is 17.5. The van der Waals surface area contributed by atoms with Gasteiger partial charge < -0.3 is 29.2 Å². The van der Waals surface area contributed by atoms with Gasteiger partial charge in [0.2, 0.25) is 23.6 Å². The Morgan fingerprint density at radius 3 is 2.24 bits per heavy atom. The van der Waals surface area contributed by atoms with Gasteiger partial charge in [0.1, 0.15) is 0 Å². The van der Waals surface area contributed by atoms with Crippen molar-refractivity contribution in [3.63, 3.8) is 0 Å². The first-order valence-electron chi connectivity index (χ1n) is 11.5. The average molecular weight is 530 g/mol. The zero-order valence-corrected chi connectivity index (χ0v) is 22.4. The van der Waals surface area contributed by atoms with Gasteiger partial charge in [-0.15, -0.1) is 12.4 Å². The Labute approximate surface area is 222 Å². The van der Waals surface area contributed by atoms with E-state index < -0.39 is 0 Å². The summed E-state index contributed by atoms with van der Waals surface area (Å²) in [4.78, 5) is 15.8. The summed E-state index contributed by atoms with van der Waals surface area (Å²) >= 11 is 0. The van der Waals surface area contributed by atoms with Gasteiger partial charge >= 0.3 is 0 Å². The molecule has 1 aliphatic heterocycles. The smallest absolute Gasteiger partial charge is 0.250 e. The molecule has 0 bridgehead atoms. The second-order valence-electron chi connectivity index (χ2n) is 8.15. The number of halogens is 1. The molecular weight excluding hydrogens is 498 g/mol. The molecule has 11 nitrogen and oxygen atoms in total. The molecule has 1 aliphatic rings. The number of methoxy groups -OCH3 is 3. The molecule has 1 saturated heterocycles. The fraction of sp³-hybridized carbons (Fsp3) is 0.360. The summed E-state index contributed by atoms with van der Waals surface area (Å²) in [6.07, 6.45) is 1.63. The van der Waals surface area contributed by atoms with Gasteiger partial charge in [0, 0.05) is 24.3 Å². The van der Waals surface area contributed by atoms with Gasteiger partial charge in [0.25, 0.3) is 0 Å². The van der Waals surface area contributed by atoms with Crippen LogP contribution in [0.2, 0.25) is 0 Å². The van der Waals surface area contributed by atoms with Gasteiger partial charge in [-0.3, -0.25) is 0 Å². The molecule has 0 radical (unpaired) electrons. The number of hydrogen-bond acceptors (Lipinski definition) is 11. The van der Waals surface area contributed by atoms with Crippen LogP contribution in [0.25, 0.3) is 0 Å². The number of nitrogens with zero attached hydrogens (tertiary/aromatic N) is 5. The van der Waals surface area contributed by atoms with Crippen molar-refractivity contribution in [2.24, 2.45) is 5.10 Å². The van der Waals surface area contributed by atoms with Crippen LogP contribution in [-0.4, -0.2) is 68.8 Å². The molecule has 198 valence electrons. The maximum Gasteiger partial charge on any atom is 0.250 e. The largest absolute Gasteiger partial charge is 0.493 e. The highest BCUT2D eigenvalue weighted by atomic mass is 35.5. The number of aryl methyl sites for hydroxylation is 2. The predicted molar refractivity (Wildman–Crippen MR) is 147 cm³/mol. The van der Waals surface area contributed by atoms with Crippen LogP contribution >= 0.6 is 12.4 Å². The molecule has 4 rings (SSSR count). The molecule has 2 aromatic carbocycles. The Balaban J connectivity index is 0.00000380. The lowest BCUT2D eigenvalue weighted by Gasteiger charge is -2.27. The highest BCUT2D eigenvalue weighted by Crippen LogP contribution is 2.37. The number of ether oxygens (including phenoxy) is 4. The second-order valence-corrected chi connectivity index (χ2v) is 8.15. The first-order valence-corrected chi connectivity index (χ1v) is 11.5. The Bertz CT molecular complexity index is 1210. The zero-order valence-electron chi connectivity index (χ0n) is 21.6. The zero-order chi connectivity index (χ0) is 25.5. The standard InChI is InChI=1S/C25H31N7O4.ClH/c1-16-6-7-17(2)19(12-16)27-23-28-24(30-25(29-23)32-8-10-36-11-9-32)31-26-15-18-13-20(33-3)22(35-5)21(14-18)34-4;/h6-7,12-15H,8-11H2,1-5H3,(H2,27,28,29,30,31);1H. The third kappa shape index (κ3) is 6.89. The average Bonchev–Trinajstić information content (AvgIpc) is 2.90. The van der Waals surface area contributed by atoms with Gasteiger partial charge in [0.05, 0.1) is 40.8 Å². The van der Waals surface area contributed by atoms with E-state index in [4.69, 9.17) is 18.9 Å². The molecule has 0 aliphatic carbocycles. The van der Waals surface area contributed by atoms with E-state index in [1.165, 1.54) is 0 Å². The van der Waals surface area contributed by atoms with Crippen molar-refractivity contribution >= 4 is 42.2 Å². The van der Waals surface area contributed by atoms with Crippen LogP contribution in [-0.2, 0) is 4.74 Å². The van der Waals surface area contributed by atoms with Crippen molar-refractivity contribution in [1.82, 2.24) is 15.0 Å². The summed E-state index contributed by atoms with van der Waals surface area (Å²) in [5.74, 6) is 2.86. The maximum absolute atomic E-state index is 5.48. The predicted octanol–water partition coefficient (Wildman–Crippen LogP) is 3.96. The number of hydrazone groups is 1. The Hall–Kier alpha value is -3.83. The number of nitrogens with one attached hydrogen (secondary N) is 2. The van der Waals surface area contributed by atoms with Crippen molar-refractivity contribution < 1.29 is 18.9 Å². The summed E-state index contributed by atoms with van der Waals surface area (Å²) in [5, 5.41) is 7.66. The minimum Gasteiger partial charge on any atom is -0.493 e. The summed E-state index contributed by atoms with van der Waals surface area (Å²) in [6, 6.07) is 9.78. The molecule has 0 unspecified atom stereocenters. The van der Waals surface area contributed by atoms with Crippen molar-refractivity contribution in [1.29, 1.82) is 0 Å². The van der Waals surface area contributed by atoms with Crippen LogP contribution in [0, 0.1) is 13.8 Å². The van der Waals surface area contributed by atoms with E-state index in [1.54, 1.807) is 39.7 Å². The van der Waals surface area contributed by atoms with E-state index in [9.17, 15) is 0 Å².